The number of allylic oxidation sites excluding steroid dienone is 1. The second kappa shape index (κ2) is 14.2. The largest absolute Gasteiger partial charge is 0.494 e. The molecule has 2 amide bonds. The molecule has 4 rings (SSSR count). The van der Waals surface area contributed by atoms with Crippen LogP contribution in [0.15, 0.2) is 48.6 Å². The minimum atomic E-state index is -0.591. The van der Waals surface area contributed by atoms with Crippen molar-refractivity contribution in [3.8, 4) is 11.5 Å². The van der Waals surface area contributed by atoms with Crippen LogP contribution in [0.5, 0.6) is 11.5 Å². The summed E-state index contributed by atoms with van der Waals surface area (Å²) in [5.74, 6) is 0.377. The zero-order valence-corrected chi connectivity index (χ0v) is 23.9. The lowest BCUT2D eigenvalue weighted by atomic mass is 10.1. The van der Waals surface area contributed by atoms with Gasteiger partial charge in [-0.15, -0.1) is 0 Å². The minimum Gasteiger partial charge on any atom is -0.494 e. The van der Waals surface area contributed by atoms with Crippen molar-refractivity contribution < 1.29 is 23.8 Å². The number of nitrogens with one attached hydrogen (secondary N) is 2. The highest BCUT2D eigenvalue weighted by Crippen LogP contribution is 2.33. The number of hydrogen-bond donors (Lipinski definition) is 5. The molecule has 0 radical (unpaired) electrons. The average Bonchev–Trinajstić information content (AvgIpc) is 3.35. The molecule has 8 N–H and O–H groups in total. The van der Waals surface area contributed by atoms with Crippen molar-refractivity contribution in [1.82, 2.24) is 14.5 Å². The normalized spacial score (nSPS) is 14.0. The molecule has 0 aliphatic carbocycles. The van der Waals surface area contributed by atoms with E-state index in [0.29, 0.717) is 59.6 Å². The number of carbonyl (C=O) groups excluding carboxylic acids is 2. The Labute approximate surface area is 244 Å². The summed E-state index contributed by atoms with van der Waals surface area (Å²) in [6.45, 7) is 5.30. The summed E-state index contributed by atoms with van der Waals surface area (Å²) < 4.78 is 18.8. The fraction of sp³-hybridized carbons (Fsp3) is 0.345. The van der Waals surface area contributed by atoms with Crippen molar-refractivity contribution in [2.24, 2.45) is 11.5 Å². The lowest BCUT2D eigenvalue weighted by Gasteiger charge is -2.25. The second-order valence-electron chi connectivity index (χ2n) is 9.56. The predicted octanol–water partition coefficient (Wildman–Crippen LogP) is 1.80. The first kappa shape index (κ1) is 30.2. The molecule has 0 atom stereocenters. The first-order valence-electron chi connectivity index (χ1n) is 13.6. The molecule has 1 fully saturated rings. The number of nitrogen functional groups attached to an aromatic ring is 1. The zero-order valence-electron chi connectivity index (χ0n) is 23.9. The summed E-state index contributed by atoms with van der Waals surface area (Å²) in [4.78, 5) is 30.4. The Morgan fingerprint density at radius 3 is 2.38 bits per heavy atom. The number of nitrogens with zero attached hydrogens (tertiary/aromatic N) is 3. The van der Waals surface area contributed by atoms with Gasteiger partial charge in [0.25, 0.3) is 0 Å². The summed E-state index contributed by atoms with van der Waals surface area (Å²) >= 11 is 0. The molecule has 1 aliphatic heterocycles. The van der Waals surface area contributed by atoms with Crippen molar-refractivity contribution in [3.63, 3.8) is 0 Å². The first-order chi connectivity index (χ1) is 20.3. The standard InChI is InChI=1S/C29H38N8O5/c1-33-29-35-22-16-20(28(32)39)18-24(40-2)26(22)37(29)9-4-3-7-34-25-21(30)15-19(27(31)38)17-23(25)42-12-6-5-8-36-10-13-41-14-11-36/h3-6,15-18,34H,7-14,30H2,1-2H3,(H2,31,38)(H2,32,39)(H,33,35)/b4-3+,6-5-. The van der Waals surface area contributed by atoms with Crippen molar-refractivity contribution in [2.75, 3.05) is 76.5 Å². The van der Waals surface area contributed by atoms with Crippen molar-refractivity contribution in [2.45, 2.75) is 6.54 Å². The Morgan fingerprint density at radius 2 is 1.69 bits per heavy atom. The van der Waals surface area contributed by atoms with Gasteiger partial charge < -0.3 is 46.6 Å². The van der Waals surface area contributed by atoms with E-state index in [9.17, 15) is 9.59 Å². The molecule has 13 nitrogen and oxygen atoms in total. The van der Waals surface area contributed by atoms with E-state index in [2.05, 4.69) is 20.5 Å². The number of methoxy groups -OCH3 is 1. The Morgan fingerprint density at radius 1 is 1.00 bits per heavy atom. The quantitative estimate of drug-likeness (QED) is 0.140. The summed E-state index contributed by atoms with van der Waals surface area (Å²) in [7, 11) is 3.30. The number of aromatic nitrogens is 2. The van der Waals surface area contributed by atoms with Crippen LogP contribution in [-0.2, 0) is 11.3 Å². The van der Waals surface area contributed by atoms with Gasteiger partial charge >= 0.3 is 0 Å². The Hall–Kier alpha value is -4.75. The molecule has 0 unspecified atom stereocenters. The molecular formula is C29H38N8O5. The van der Waals surface area contributed by atoms with Crippen LogP contribution < -0.4 is 37.3 Å². The molecule has 13 heteroatoms. The molecular weight excluding hydrogens is 540 g/mol. The number of hydrogen-bond acceptors (Lipinski definition) is 10. The smallest absolute Gasteiger partial charge is 0.248 e. The third kappa shape index (κ3) is 7.30. The lowest BCUT2D eigenvalue weighted by Crippen LogP contribution is -2.36. The van der Waals surface area contributed by atoms with Gasteiger partial charge in [0.2, 0.25) is 17.8 Å². The number of carbonyl (C=O) groups is 2. The molecule has 0 bridgehead atoms. The third-order valence-electron chi connectivity index (χ3n) is 6.77. The monoisotopic (exact) mass is 578 g/mol. The van der Waals surface area contributed by atoms with Crippen LogP contribution in [0.1, 0.15) is 20.7 Å². The Kier molecular flexibility index (Phi) is 10.2. The first-order valence-corrected chi connectivity index (χ1v) is 13.6. The molecule has 1 saturated heterocycles. The Balaban J connectivity index is 1.43. The van der Waals surface area contributed by atoms with Crippen molar-refractivity contribution >= 4 is 40.2 Å². The van der Waals surface area contributed by atoms with E-state index in [0.717, 1.165) is 38.4 Å². The van der Waals surface area contributed by atoms with Gasteiger partial charge in [-0.3, -0.25) is 14.5 Å². The molecule has 3 aromatic rings. The van der Waals surface area contributed by atoms with Gasteiger partial charge in [-0.1, -0.05) is 24.3 Å². The van der Waals surface area contributed by atoms with Crippen molar-refractivity contribution in [1.29, 1.82) is 0 Å². The summed E-state index contributed by atoms with van der Waals surface area (Å²) in [5.41, 5.74) is 20.0. The van der Waals surface area contributed by atoms with Gasteiger partial charge in [0.15, 0.2) is 0 Å². The second-order valence-corrected chi connectivity index (χ2v) is 9.56. The summed E-state index contributed by atoms with van der Waals surface area (Å²) in [5, 5.41) is 6.35. The topological polar surface area (TPSA) is 185 Å². The molecule has 0 saturated carbocycles. The maximum absolute atomic E-state index is 11.8. The van der Waals surface area contributed by atoms with Crippen molar-refractivity contribution in [3.05, 3.63) is 59.7 Å². The SMILES string of the molecule is CNc1nc2cc(C(N)=O)cc(OC)c2n1C/C=C/CNc1c(N)cc(C(N)=O)cc1OC/C=C\CN1CCOCC1. The van der Waals surface area contributed by atoms with Gasteiger partial charge in [0.1, 0.15) is 29.3 Å². The highest BCUT2D eigenvalue weighted by atomic mass is 16.5. The van der Waals surface area contributed by atoms with Crippen LogP contribution in [0.4, 0.5) is 17.3 Å². The van der Waals surface area contributed by atoms with E-state index >= 15 is 0 Å². The van der Waals surface area contributed by atoms with E-state index in [4.69, 9.17) is 31.4 Å². The predicted molar refractivity (Wildman–Crippen MR) is 163 cm³/mol. The van der Waals surface area contributed by atoms with Gasteiger partial charge in [0.05, 0.1) is 31.5 Å². The molecule has 224 valence electrons. The van der Waals surface area contributed by atoms with E-state index in [-0.39, 0.29) is 5.56 Å². The number of fused-ring (bicyclic) bond motifs is 1. The maximum atomic E-state index is 11.8. The van der Waals surface area contributed by atoms with E-state index in [1.165, 1.54) is 13.2 Å². The third-order valence-corrected chi connectivity index (χ3v) is 6.77. The summed E-state index contributed by atoms with van der Waals surface area (Å²) in [6.07, 6.45) is 7.87. The van der Waals surface area contributed by atoms with Crippen LogP contribution in [0.2, 0.25) is 0 Å². The van der Waals surface area contributed by atoms with E-state index in [1.54, 1.807) is 25.2 Å². The fourth-order valence-electron chi connectivity index (χ4n) is 4.62. The average molecular weight is 579 g/mol. The van der Waals surface area contributed by atoms with Gasteiger partial charge in [-0.25, -0.2) is 4.98 Å². The molecule has 2 aromatic carbocycles. The Bertz CT molecular complexity index is 1480. The number of rotatable bonds is 14. The number of benzene rings is 2. The molecule has 1 aliphatic rings. The number of anilines is 3. The summed E-state index contributed by atoms with van der Waals surface area (Å²) in [6, 6.07) is 6.36. The van der Waals surface area contributed by atoms with Gasteiger partial charge in [-0.2, -0.15) is 0 Å². The van der Waals surface area contributed by atoms with Gasteiger partial charge in [-0.05, 0) is 24.3 Å². The van der Waals surface area contributed by atoms with Crippen LogP contribution >= 0.6 is 0 Å². The number of nitrogens with two attached hydrogens (primary N) is 3. The number of ether oxygens (including phenoxy) is 3. The van der Waals surface area contributed by atoms with Crippen LogP contribution in [-0.4, -0.2) is 86.4 Å². The number of imidazole rings is 1. The molecule has 42 heavy (non-hydrogen) atoms. The fourth-order valence-corrected chi connectivity index (χ4v) is 4.62. The van der Waals surface area contributed by atoms with Gasteiger partial charge in [0, 0.05) is 50.9 Å². The maximum Gasteiger partial charge on any atom is 0.248 e. The number of amides is 2. The zero-order chi connectivity index (χ0) is 30.1. The minimum absolute atomic E-state index is 0.265. The molecule has 2 heterocycles. The lowest BCUT2D eigenvalue weighted by molar-refractivity contribution is 0.0434. The van der Waals surface area contributed by atoms with E-state index < -0.39 is 11.8 Å². The highest BCUT2D eigenvalue weighted by molar-refractivity contribution is 5.99. The number of primary amides is 2. The molecule has 1 aromatic heterocycles. The van der Waals surface area contributed by atoms with Crippen LogP contribution in [0.25, 0.3) is 11.0 Å². The van der Waals surface area contributed by atoms with Crippen LogP contribution in [0, 0.1) is 0 Å². The molecule has 0 spiro atoms. The number of morpholine rings is 1. The highest BCUT2D eigenvalue weighted by Gasteiger charge is 2.17. The van der Waals surface area contributed by atoms with Crippen LogP contribution in [0.3, 0.4) is 0 Å². The van der Waals surface area contributed by atoms with E-state index in [1.807, 2.05) is 28.9 Å².